The molecule has 4 unspecified atom stereocenters. The van der Waals surface area contributed by atoms with E-state index in [0.717, 1.165) is 18.4 Å². The van der Waals surface area contributed by atoms with E-state index in [4.69, 9.17) is 0 Å². The maximum atomic E-state index is 10.4. The van der Waals surface area contributed by atoms with E-state index in [0.29, 0.717) is 0 Å². The Bertz CT molecular complexity index is 534. The number of aliphatic hydroxyl groups is 2. The van der Waals surface area contributed by atoms with Crippen molar-refractivity contribution < 1.29 is 10.2 Å². The molecule has 22 heavy (non-hydrogen) atoms. The van der Waals surface area contributed by atoms with Crippen LogP contribution in [0.25, 0.3) is 0 Å². The van der Waals surface area contributed by atoms with Crippen LogP contribution >= 0.6 is 0 Å². The summed E-state index contributed by atoms with van der Waals surface area (Å²) < 4.78 is 0. The summed E-state index contributed by atoms with van der Waals surface area (Å²) in [6.45, 7) is 3.68. The summed E-state index contributed by atoms with van der Waals surface area (Å²) in [5.74, 6) is 0.223. The molecule has 4 atom stereocenters. The van der Waals surface area contributed by atoms with Crippen LogP contribution in [-0.2, 0) is 0 Å². The highest BCUT2D eigenvalue weighted by molar-refractivity contribution is 5.29. The summed E-state index contributed by atoms with van der Waals surface area (Å²) in [7, 11) is 0. The average molecular weight is 298 g/mol. The van der Waals surface area contributed by atoms with Crippen LogP contribution in [0.4, 0.5) is 0 Å². The molecular weight excluding hydrogens is 272 g/mol. The monoisotopic (exact) mass is 298 g/mol. The minimum Gasteiger partial charge on any atom is -0.393 e. The first-order chi connectivity index (χ1) is 10.6. The maximum Gasteiger partial charge on any atom is 0.0586 e. The molecule has 2 N–H and O–H groups in total. The van der Waals surface area contributed by atoms with Crippen molar-refractivity contribution in [3.8, 4) is 0 Å². The zero-order valence-electron chi connectivity index (χ0n) is 13.4. The van der Waals surface area contributed by atoms with Gasteiger partial charge in [0.2, 0.25) is 0 Å². The smallest absolute Gasteiger partial charge is 0.0586 e. The predicted octanol–water partition coefficient (Wildman–Crippen LogP) is 4.10. The summed E-state index contributed by atoms with van der Waals surface area (Å²) in [6.07, 6.45) is 0.820. The standard InChI is InChI=1S/C20H26O2/c1-15(21)13-14-19(17-9-5-3-6-10-17)20(16(2)22)18-11-7-4-8-12-18/h3-12,15-16,19-22H,13-14H2,1-2H3. The van der Waals surface area contributed by atoms with Crippen molar-refractivity contribution in [2.45, 2.75) is 50.7 Å². The van der Waals surface area contributed by atoms with Crippen molar-refractivity contribution in [3.63, 3.8) is 0 Å². The van der Waals surface area contributed by atoms with Gasteiger partial charge in [0.25, 0.3) is 0 Å². The molecule has 2 nitrogen and oxygen atoms in total. The molecule has 0 bridgehead atoms. The first-order valence-electron chi connectivity index (χ1n) is 8.05. The Balaban J connectivity index is 2.36. The van der Waals surface area contributed by atoms with E-state index >= 15 is 0 Å². The SMILES string of the molecule is CC(O)CCC(c1ccccc1)C(c1ccccc1)C(C)O. The average Bonchev–Trinajstić information content (AvgIpc) is 2.52. The molecule has 0 aliphatic carbocycles. The Morgan fingerprint density at radius 3 is 1.68 bits per heavy atom. The normalized spacial score (nSPS) is 16.7. The van der Waals surface area contributed by atoms with E-state index in [-0.39, 0.29) is 17.9 Å². The minimum atomic E-state index is -0.443. The summed E-state index contributed by atoms with van der Waals surface area (Å²) in [5, 5.41) is 20.1. The lowest BCUT2D eigenvalue weighted by molar-refractivity contribution is 0.134. The van der Waals surface area contributed by atoms with Gasteiger partial charge in [0.05, 0.1) is 12.2 Å². The van der Waals surface area contributed by atoms with Gasteiger partial charge in [-0.25, -0.2) is 0 Å². The quantitative estimate of drug-likeness (QED) is 0.808. The molecule has 0 saturated heterocycles. The van der Waals surface area contributed by atoms with Gasteiger partial charge in [0, 0.05) is 5.92 Å². The van der Waals surface area contributed by atoms with Gasteiger partial charge in [-0.15, -0.1) is 0 Å². The fourth-order valence-electron chi connectivity index (χ4n) is 3.20. The molecule has 0 aromatic heterocycles. The lowest BCUT2D eigenvalue weighted by atomic mass is 9.76. The maximum absolute atomic E-state index is 10.4. The van der Waals surface area contributed by atoms with Crippen LogP contribution < -0.4 is 0 Å². The van der Waals surface area contributed by atoms with Gasteiger partial charge in [-0.1, -0.05) is 60.7 Å². The Morgan fingerprint density at radius 2 is 1.23 bits per heavy atom. The fraction of sp³-hybridized carbons (Fsp3) is 0.400. The molecule has 2 aromatic carbocycles. The van der Waals surface area contributed by atoms with Gasteiger partial charge in [-0.2, -0.15) is 0 Å². The minimum absolute atomic E-state index is 0.0300. The fourth-order valence-corrected chi connectivity index (χ4v) is 3.20. The second-order valence-corrected chi connectivity index (χ2v) is 6.12. The summed E-state index contributed by atoms with van der Waals surface area (Å²) in [6, 6.07) is 20.5. The molecule has 2 heteroatoms. The predicted molar refractivity (Wildman–Crippen MR) is 91.0 cm³/mol. The molecule has 0 fully saturated rings. The summed E-state index contributed by atoms with van der Waals surface area (Å²) in [5.41, 5.74) is 2.37. The van der Waals surface area contributed by atoms with Gasteiger partial charge in [-0.3, -0.25) is 0 Å². The van der Waals surface area contributed by atoms with Crippen molar-refractivity contribution in [1.29, 1.82) is 0 Å². The van der Waals surface area contributed by atoms with Gasteiger partial charge in [0.15, 0.2) is 0 Å². The number of rotatable bonds is 7. The van der Waals surface area contributed by atoms with Gasteiger partial charge in [-0.05, 0) is 43.7 Å². The van der Waals surface area contributed by atoms with Crippen LogP contribution in [-0.4, -0.2) is 22.4 Å². The third-order valence-electron chi connectivity index (χ3n) is 4.26. The topological polar surface area (TPSA) is 40.5 Å². The molecule has 0 aliphatic rings. The Labute approximate surface area is 133 Å². The third-order valence-corrected chi connectivity index (χ3v) is 4.26. The van der Waals surface area contributed by atoms with E-state index < -0.39 is 6.10 Å². The molecule has 2 aromatic rings. The molecule has 0 spiro atoms. The molecular formula is C20H26O2. The van der Waals surface area contributed by atoms with Crippen LogP contribution in [0.15, 0.2) is 60.7 Å². The molecule has 0 amide bonds. The van der Waals surface area contributed by atoms with Crippen molar-refractivity contribution in [3.05, 3.63) is 71.8 Å². The second-order valence-electron chi connectivity index (χ2n) is 6.12. The molecule has 118 valence electrons. The van der Waals surface area contributed by atoms with E-state index in [2.05, 4.69) is 24.3 Å². The summed E-state index contributed by atoms with van der Waals surface area (Å²) >= 11 is 0. The van der Waals surface area contributed by atoms with Crippen LogP contribution in [0.3, 0.4) is 0 Å². The zero-order chi connectivity index (χ0) is 15.9. The summed E-state index contributed by atoms with van der Waals surface area (Å²) in [4.78, 5) is 0. The first-order valence-corrected chi connectivity index (χ1v) is 8.05. The second kappa shape index (κ2) is 8.11. The van der Waals surface area contributed by atoms with Crippen molar-refractivity contribution in [1.82, 2.24) is 0 Å². The van der Waals surface area contributed by atoms with Crippen LogP contribution in [0.1, 0.15) is 49.7 Å². The van der Waals surface area contributed by atoms with Crippen molar-refractivity contribution in [2.75, 3.05) is 0 Å². The van der Waals surface area contributed by atoms with Crippen molar-refractivity contribution >= 4 is 0 Å². The lowest BCUT2D eigenvalue weighted by Crippen LogP contribution is -2.23. The molecule has 0 radical (unpaired) electrons. The van der Waals surface area contributed by atoms with E-state index in [9.17, 15) is 10.2 Å². The van der Waals surface area contributed by atoms with Crippen LogP contribution in [0.2, 0.25) is 0 Å². The van der Waals surface area contributed by atoms with E-state index in [1.165, 1.54) is 5.56 Å². The zero-order valence-corrected chi connectivity index (χ0v) is 13.4. The Kier molecular flexibility index (Phi) is 6.17. The van der Waals surface area contributed by atoms with Gasteiger partial charge >= 0.3 is 0 Å². The molecule has 0 saturated carbocycles. The molecule has 0 heterocycles. The first kappa shape index (κ1) is 16.7. The Hall–Kier alpha value is -1.64. The Morgan fingerprint density at radius 1 is 0.727 bits per heavy atom. The van der Waals surface area contributed by atoms with E-state index in [1.807, 2.05) is 50.2 Å². The number of aliphatic hydroxyl groups excluding tert-OH is 2. The van der Waals surface area contributed by atoms with Gasteiger partial charge in [0.1, 0.15) is 0 Å². The highest BCUT2D eigenvalue weighted by Gasteiger charge is 2.28. The highest BCUT2D eigenvalue weighted by atomic mass is 16.3. The van der Waals surface area contributed by atoms with Gasteiger partial charge < -0.3 is 10.2 Å². The molecule has 0 aliphatic heterocycles. The number of hydrogen-bond donors (Lipinski definition) is 2. The highest BCUT2D eigenvalue weighted by Crippen LogP contribution is 2.39. The number of hydrogen-bond acceptors (Lipinski definition) is 2. The van der Waals surface area contributed by atoms with Crippen LogP contribution in [0.5, 0.6) is 0 Å². The third kappa shape index (κ3) is 4.43. The molecule has 2 rings (SSSR count). The van der Waals surface area contributed by atoms with E-state index in [1.54, 1.807) is 0 Å². The largest absolute Gasteiger partial charge is 0.393 e. The lowest BCUT2D eigenvalue weighted by Gasteiger charge is -2.31. The van der Waals surface area contributed by atoms with Crippen molar-refractivity contribution in [2.24, 2.45) is 0 Å². The number of benzene rings is 2. The van der Waals surface area contributed by atoms with Crippen LogP contribution in [0, 0.1) is 0 Å².